The molecule has 3 aromatic carbocycles. The van der Waals surface area contributed by atoms with Crippen LogP contribution in [0.25, 0.3) is 30.6 Å². The van der Waals surface area contributed by atoms with Crippen LogP contribution in [0.1, 0.15) is 0 Å². The van der Waals surface area contributed by atoms with Crippen molar-refractivity contribution in [3.63, 3.8) is 0 Å². The quantitative estimate of drug-likeness (QED) is 0.114. The molecular formula is C24H21Cl6N6O5S5-. The van der Waals surface area contributed by atoms with Crippen LogP contribution in [0.3, 0.4) is 0 Å². The van der Waals surface area contributed by atoms with Gasteiger partial charge < -0.3 is 20.9 Å². The van der Waals surface area contributed by atoms with E-state index in [4.69, 9.17) is 65.8 Å². The number of aromatic nitrogens is 3. The van der Waals surface area contributed by atoms with E-state index in [2.05, 4.69) is 46.9 Å². The molecule has 0 radical (unpaired) electrons. The van der Waals surface area contributed by atoms with Crippen molar-refractivity contribution in [1.82, 2.24) is 15.0 Å². The highest BCUT2D eigenvalue weighted by Gasteiger charge is 2.18. The van der Waals surface area contributed by atoms with E-state index in [-0.39, 0.29) is 4.90 Å². The van der Waals surface area contributed by atoms with Gasteiger partial charge in [-0.3, -0.25) is 0 Å². The lowest BCUT2D eigenvalue weighted by Crippen LogP contribution is -1.92. The number of hydrogen-bond donors (Lipinski definition) is 3. The van der Waals surface area contributed by atoms with Crippen LogP contribution in [0.2, 0.25) is 19.5 Å². The zero-order valence-electron chi connectivity index (χ0n) is 23.4. The van der Waals surface area contributed by atoms with Crippen LogP contribution in [-0.4, -0.2) is 53.3 Å². The Hall–Kier alpha value is -1.35. The highest BCUT2D eigenvalue weighted by atomic mass is 35.7. The van der Waals surface area contributed by atoms with E-state index < -0.39 is 20.4 Å². The molecule has 1 unspecified atom stereocenters. The third-order valence-corrected chi connectivity index (χ3v) is 10.5. The molecule has 250 valence electrons. The summed E-state index contributed by atoms with van der Waals surface area (Å²) in [5.74, 6) is 0. The van der Waals surface area contributed by atoms with E-state index in [1.54, 1.807) is 30.5 Å². The van der Waals surface area contributed by atoms with E-state index in [1.807, 2.05) is 37.4 Å². The summed E-state index contributed by atoms with van der Waals surface area (Å²) >= 11 is 29.1. The lowest BCUT2D eigenvalue weighted by Gasteiger charge is -1.98. The van der Waals surface area contributed by atoms with Gasteiger partial charge in [-0.05, 0) is 55.6 Å². The third-order valence-electron chi connectivity index (χ3n) is 4.84. The van der Waals surface area contributed by atoms with Crippen LogP contribution < -0.4 is 16.4 Å². The molecule has 0 amide bonds. The zero-order valence-corrected chi connectivity index (χ0v) is 32.0. The Bertz CT molecular complexity index is 2030. The molecule has 3 heterocycles. The number of fused-ring (bicyclic) bond motifs is 3. The number of nitrogens with zero attached hydrogens (tertiary/aromatic N) is 3. The third kappa shape index (κ3) is 12.6. The number of nitrogens with two attached hydrogens (primary N) is 1. The predicted molar refractivity (Wildman–Crippen MR) is 197 cm³/mol. The maximum Gasteiger partial charge on any atom is 0.263 e. The molecular weight excluding hydrogens is 825 g/mol. The van der Waals surface area contributed by atoms with Gasteiger partial charge in [0.2, 0.25) is 0 Å². The van der Waals surface area contributed by atoms with Gasteiger partial charge >= 0.3 is 0 Å². The van der Waals surface area contributed by atoms with Gasteiger partial charge in [0, 0.05) is 39.8 Å². The molecule has 0 bridgehead atoms. The van der Waals surface area contributed by atoms with Gasteiger partial charge in [0.05, 0.1) is 37.0 Å². The fourth-order valence-electron chi connectivity index (χ4n) is 3.14. The van der Waals surface area contributed by atoms with Gasteiger partial charge in [0.1, 0.15) is 21.8 Å². The molecule has 0 saturated carbocycles. The van der Waals surface area contributed by atoms with E-state index >= 15 is 0 Å². The average molecular weight is 847 g/mol. The van der Waals surface area contributed by atoms with E-state index in [0.29, 0.717) is 24.8 Å². The highest BCUT2D eigenvalue weighted by Crippen LogP contribution is 2.34. The predicted octanol–water partition coefficient (Wildman–Crippen LogP) is 9.04. The van der Waals surface area contributed by atoms with Gasteiger partial charge in [0.25, 0.3) is 9.05 Å². The van der Waals surface area contributed by atoms with Crippen molar-refractivity contribution in [2.45, 2.75) is 4.90 Å². The maximum atomic E-state index is 11.3. The Morgan fingerprint density at radius 1 is 0.783 bits per heavy atom. The van der Waals surface area contributed by atoms with Gasteiger partial charge in [-0.15, -0.1) is 11.3 Å². The van der Waals surface area contributed by atoms with Gasteiger partial charge in [0.15, 0.2) is 14.7 Å². The summed E-state index contributed by atoms with van der Waals surface area (Å²) in [5, 5.41) is 9.17. The Morgan fingerprint density at radius 3 is 1.74 bits per heavy atom. The molecule has 3 aromatic heterocycles. The maximum absolute atomic E-state index is 11.3. The lowest BCUT2D eigenvalue weighted by atomic mass is 10.3. The van der Waals surface area contributed by atoms with Crippen molar-refractivity contribution in [2.24, 2.45) is 5.73 Å². The van der Waals surface area contributed by atoms with Crippen LogP contribution in [0.5, 0.6) is 0 Å². The second-order valence-electron chi connectivity index (χ2n) is 7.68. The minimum Gasteiger partial charge on any atom is -0.749 e. The first-order chi connectivity index (χ1) is 21.7. The monoisotopic (exact) mass is 843 g/mol. The highest BCUT2D eigenvalue weighted by molar-refractivity contribution is 8.14. The fraction of sp³-hybridized carbons (Fsp3) is 0.125. The van der Waals surface area contributed by atoms with Gasteiger partial charge in [-0.2, -0.15) is 3.74 Å². The molecule has 6 rings (SSSR count). The Morgan fingerprint density at radius 2 is 1.24 bits per heavy atom. The number of anilines is 2. The molecule has 1 atom stereocenters. The minimum absolute atomic E-state index is 0.0607. The Kier molecular flexibility index (Phi) is 17.4. The summed E-state index contributed by atoms with van der Waals surface area (Å²) < 4.78 is 47.2. The Balaban J connectivity index is 0.000000221. The molecule has 22 heteroatoms. The molecule has 0 aliphatic rings. The number of halogens is 6. The van der Waals surface area contributed by atoms with Crippen LogP contribution in [0, 0.1) is 0 Å². The summed E-state index contributed by atoms with van der Waals surface area (Å²) in [7, 11) is 6.54. The number of thiazole rings is 3. The number of benzene rings is 3. The molecule has 4 N–H and O–H groups in total. The van der Waals surface area contributed by atoms with Crippen molar-refractivity contribution in [3.05, 3.63) is 68.1 Å². The standard InChI is InChI=1S/C8H6Cl2N2O2S2.C8H7ClN2S.C7H3Cl2NS.CH5N.ClHO3S/c1-11-8-12-7-5(15-8)2-4(9)3-6(7)16(10,13)14;1-10-8-11-6-3-2-5(9)4-7(6)12-8;8-4-1-2-5-6(3-4)11-7(9)10-5;1-2;1-4-5(2)3/h2-3H,1H3,(H,11,12);2-4H,1H3,(H,10,11);1-3H;2H2,1H3;(H,2,3)/p-1. The first-order valence-corrected chi connectivity index (χ1v) is 19.5. The molecule has 46 heavy (non-hydrogen) atoms. The molecule has 0 aliphatic heterocycles. The molecule has 6 aromatic rings. The fourth-order valence-corrected chi connectivity index (χ4v) is 7.84. The van der Waals surface area contributed by atoms with Crippen molar-refractivity contribution < 1.29 is 20.9 Å². The zero-order chi connectivity index (χ0) is 34.6. The lowest BCUT2D eigenvalue weighted by molar-refractivity contribution is 0.457. The molecule has 0 aliphatic carbocycles. The smallest absolute Gasteiger partial charge is 0.263 e. The largest absolute Gasteiger partial charge is 0.749 e. The van der Waals surface area contributed by atoms with Crippen LogP contribution in [-0.2, 0) is 24.1 Å². The molecule has 0 saturated heterocycles. The second kappa shape index (κ2) is 19.6. The van der Waals surface area contributed by atoms with Gasteiger partial charge in [-0.25, -0.2) is 27.6 Å². The summed E-state index contributed by atoms with van der Waals surface area (Å²) in [6.07, 6.45) is 0. The summed E-state index contributed by atoms with van der Waals surface area (Å²) in [4.78, 5) is 12.5. The summed E-state index contributed by atoms with van der Waals surface area (Å²) in [5.41, 5.74) is 6.74. The number of nitrogens with one attached hydrogen (secondary N) is 2. The summed E-state index contributed by atoms with van der Waals surface area (Å²) in [6.45, 7) is 0. The molecule has 11 nitrogen and oxygen atoms in total. The second-order valence-corrected chi connectivity index (χ2v) is 16.1. The Labute approximate surface area is 308 Å². The van der Waals surface area contributed by atoms with Crippen molar-refractivity contribution in [1.29, 1.82) is 0 Å². The summed E-state index contributed by atoms with van der Waals surface area (Å²) in [6, 6.07) is 14.2. The van der Waals surface area contributed by atoms with Crippen LogP contribution in [0.15, 0.2) is 53.4 Å². The topological polar surface area (TPSA) is 172 Å². The van der Waals surface area contributed by atoms with E-state index in [9.17, 15) is 8.42 Å². The van der Waals surface area contributed by atoms with Gasteiger partial charge in [-0.1, -0.05) is 69.1 Å². The molecule has 0 fully saturated rings. The molecule has 0 spiro atoms. The minimum atomic E-state index is -3.84. The first-order valence-electron chi connectivity index (χ1n) is 11.9. The normalized spacial score (nSPS) is 11.2. The van der Waals surface area contributed by atoms with E-state index in [0.717, 1.165) is 35.6 Å². The SMILES string of the molecule is CN.CNc1nc2c(S(=O)(=O)Cl)cc(Cl)cc2s1.CNc1nc2ccc(Cl)cc2s1.Clc1ccc2nc(Cl)sc2c1.O=S([O-])OCl. The van der Waals surface area contributed by atoms with Crippen LogP contribution >= 0.6 is 103 Å². The number of hydrogen-bond acceptors (Lipinski definition) is 14. The van der Waals surface area contributed by atoms with Crippen molar-refractivity contribution in [2.75, 3.05) is 31.8 Å². The van der Waals surface area contributed by atoms with E-state index in [1.165, 1.54) is 35.8 Å². The number of rotatable bonds is 4. The van der Waals surface area contributed by atoms with Crippen molar-refractivity contribution in [3.8, 4) is 0 Å². The van der Waals surface area contributed by atoms with Crippen molar-refractivity contribution >= 4 is 164 Å². The average Bonchev–Trinajstić information content (AvgIpc) is 3.73. The van der Waals surface area contributed by atoms with Crippen LogP contribution in [0.4, 0.5) is 10.3 Å². The first kappa shape index (κ1) is 40.8.